The van der Waals surface area contributed by atoms with E-state index in [0.717, 1.165) is 12.1 Å². The maximum atomic E-state index is 5.99. The number of nitrogens with two attached hydrogens (primary N) is 2. The fourth-order valence-corrected chi connectivity index (χ4v) is 1.64. The van der Waals surface area contributed by atoms with Crippen molar-refractivity contribution in [2.24, 2.45) is 5.73 Å². The SMILES string of the molecule is CC1(N)C=CC(c2ccc(N)cc2)=CC1.Cl. The van der Waals surface area contributed by atoms with Gasteiger partial charge in [-0.25, -0.2) is 0 Å². The Kier molecular flexibility index (Phi) is 3.79. The number of nitrogen functional groups attached to an aromatic ring is 1. The zero-order valence-electron chi connectivity index (χ0n) is 9.31. The first-order valence-electron chi connectivity index (χ1n) is 5.11. The van der Waals surface area contributed by atoms with Crippen LogP contribution in [0.3, 0.4) is 0 Å². The molecule has 4 N–H and O–H groups in total. The highest BCUT2D eigenvalue weighted by Gasteiger charge is 2.16. The van der Waals surface area contributed by atoms with E-state index in [0.29, 0.717) is 0 Å². The van der Waals surface area contributed by atoms with Crippen LogP contribution in [0.1, 0.15) is 18.9 Å². The van der Waals surface area contributed by atoms with Crippen LogP contribution < -0.4 is 11.5 Å². The first-order chi connectivity index (χ1) is 7.07. The summed E-state index contributed by atoms with van der Waals surface area (Å²) in [6.45, 7) is 2.03. The average molecular weight is 237 g/mol. The van der Waals surface area contributed by atoms with Gasteiger partial charge in [0.2, 0.25) is 0 Å². The largest absolute Gasteiger partial charge is 0.399 e. The van der Waals surface area contributed by atoms with Crippen LogP contribution in [0, 0.1) is 0 Å². The molecule has 0 bridgehead atoms. The van der Waals surface area contributed by atoms with E-state index in [2.05, 4.69) is 18.2 Å². The quantitative estimate of drug-likeness (QED) is 0.737. The summed E-state index contributed by atoms with van der Waals surface area (Å²) >= 11 is 0. The predicted octanol–water partition coefficient (Wildman–Crippen LogP) is 2.75. The van der Waals surface area contributed by atoms with Gasteiger partial charge in [0.1, 0.15) is 0 Å². The van der Waals surface area contributed by atoms with Crippen LogP contribution in [-0.4, -0.2) is 5.54 Å². The molecule has 2 rings (SSSR count). The zero-order valence-corrected chi connectivity index (χ0v) is 10.1. The lowest BCUT2D eigenvalue weighted by Gasteiger charge is -2.22. The van der Waals surface area contributed by atoms with Crippen molar-refractivity contribution in [3.05, 3.63) is 48.1 Å². The Bertz CT molecular complexity index is 416. The number of anilines is 1. The van der Waals surface area contributed by atoms with Gasteiger partial charge < -0.3 is 11.5 Å². The summed E-state index contributed by atoms with van der Waals surface area (Å²) in [5, 5.41) is 0. The van der Waals surface area contributed by atoms with E-state index in [1.165, 1.54) is 11.1 Å². The van der Waals surface area contributed by atoms with E-state index in [1.807, 2.05) is 31.2 Å². The molecule has 86 valence electrons. The zero-order chi connectivity index (χ0) is 10.9. The van der Waals surface area contributed by atoms with Crippen molar-refractivity contribution < 1.29 is 0 Å². The van der Waals surface area contributed by atoms with Crippen LogP contribution in [0.4, 0.5) is 5.69 Å². The van der Waals surface area contributed by atoms with Crippen LogP contribution in [0.2, 0.25) is 0 Å². The molecule has 0 aliphatic heterocycles. The first-order valence-corrected chi connectivity index (χ1v) is 5.11. The lowest BCUT2D eigenvalue weighted by molar-refractivity contribution is 0.591. The van der Waals surface area contributed by atoms with Crippen molar-refractivity contribution in [3.63, 3.8) is 0 Å². The summed E-state index contributed by atoms with van der Waals surface area (Å²) in [5.74, 6) is 0. The second-order valence-electron chi connectivity index (χ2n) is 4.32. The summed E-state index contributed by atoms with van der Waals surface area (Å²) < 4.78 is 0. The summed E-state index contributed by atoms with van der Waals surface area (Å²) in [7, 11) is 0. The van der Waals surface area contributed by atoms with Crippen molar-refractivity contribution in [1.82, 2.24) is 0 Å². The minimum absolute atomic E-state index is 0. The third kappa shape index (κ3) is 2.87. The van der Waals surface area contributed by atoms with Crippen molar-refractivity contribution >= 4 is 23.7 Å². The highest BCUT2D eigenvalue weighted by molar-refractivity contribution is 5.85. The second kappa shape index (κ2) is 4.73. The van der Waals surface area contributed by atoms with E-state index in [9.17, 15) is 0 Å². The molecule has 0 aromatic heterocycles. The van der Waals surface area contributed by atoms with Crippen LogP contribution >= 0.6 is 12.4 Å². The van der Waals surface area contributed by atoms with Crippen molar-refractivity contribution in [2.45, 2.75) is 18.9 Å². The van der Waals surface area contributed by atoms with Crippen molar-refractivity contribution in [2.75, 3.05) is 5.73 Å². The lowest BCUT2D eigenvalue weighted by atomic mass is 9.89. The minimum Gasteiger partial charge on any atom is -0.399 e. The van der Waals surface area contributed by atoms with E-state index in [4.69, 9.17) is 11.5 Å². The Morgan fingerprint density at radius 1 is 1.19 bits per heavy atom. The molecule has 1 aliphatic carbocycles. The Morgan fingerprint density at radius 2 is 1.81 bits per heavy atom. The Balaban J connectivity index is 0.00000128. The number of rotatable bonds is 1. The Morgan fingerprint density at radius 3 is 2.31 bits per heavy atom. The predicted molar refractivity (Wildman–Crippen MR) is 72.4 cm³/mol. The van der Waals surface area contributed by atoms with Crippen molar-refractivity contribution in [1.29, 1.82) is 0 Å². The van der Waals surface area contributed by atoms with Crippen LogP contribution in [0.15, 0.2) is 42.5 Å². The molecular weight excluding hydrogens is 220 g/mol. The standard InChI is InChI=1S/C13H16N2.ClH/c1-13(15)8-6-11(7-9-13)10-2-4-12(14)5-3-10;/h2-8H,9,14-15H2,1H3;1H. The Labute approximate surface area is 102 Å². The van der Waals surface area contributed by atoms with E-state index < -0.39 is 0 Å². The van der Waals surface area contributed by atoms with Gasteiger partial charge in [-0.3, -0.25) is 0 Å². The molecule has 0 saturated heterocycles. The first kappa shape index (κ1) is 12.8. The highest BCUT2D eigenvalue weighted by Crippen LogP contribution is 2.25. The van der Waals surface area contributed by atoms with Gasteiger partial charge in [0.05, 0.1) is 0 Å². The number of hydrogen-bond acceptors (Lipinski definition) is 2. The van der Waals surface area contributed by atoms with Crippen molar-refractivity contribution in [3.8, 4) is 0 Å². The van der Waals surface area contributed by atoms with Gasteiger partial charge >= 0.3 is 0 Å². The molecule has 0 amide bonds. The molecule has 1 unspecified atom stereocenters. The van der Waals surface area contributed by atoms with Gasteiger partial charge in [-0.2, -0.15) is 0 Å². The fourth-order valence-electron chi connectivity index (χ4n) is 1.64. The van der Waals surface area contributed by atoms with Crippen LogP contribution in [0.25, 0.3) is 5.57 Å². The highest BCUT2D eigenvalue weighted by atomic mass is 35.5. The van der Waals surface area contributed by atoms with Crippen LogP contribution in [0.5, 0.6) is 0 Å². The van der Waals surface area contributed by atoms with Crippen LogP contribution in [-0.2, 0) is 0 Å². The Hall–Kier alpha value is -1.25. The average Bonchev–Trinajstić information content (AvgIpc) is 2.20. The molecule has 2 nitrogen and oxygen atoms in total. The summed E-state index contributed by atoms with van der Waals surface area (Å²) in [5.41, 5.74) is 14.6. The van der Waals surface area contributed by atoms with Gasteiger partial charge in [-0.15, -0.1) is 12.4 Å². The number of benzene rings is 1. The lowest BCUT2D eigenvalue weighted by Crippen LogP contribution is -2.33. The third-order valence-electron chi connectivity index (χ3n) is 2.65. The summed E-state index contributed by atoms with van der Waals surface area (Å²) in [4.78, 5) is 0. The molecule has 0 heterocycles. The molecule has 0 saturated carbocycles. The molecule has 3 heteroatoms. The normalized spacial score (nSPS) is 23.5. The number of allylic oxidation sites excluding steroid dienone is 2. The van der Waals surface area contributed by atoms with E-state index >= 15 is 0 Å². The third-order valence-corrected chi connectivity index (χ3v) is 2.65. The molecule has 1 aliphatic rings. The summed E-state index contributed by atoms with van der Waals surface area (Å²) in [6, 6.07) is 7.90. The summed E-state index contributed by atoms with van der Waals surface area (Å²) in [6.07, 6.45) is 7.18. The van der Waals surface area contributed by atoms with Gasteiger partial charge in [0, 0.05) is 11.2 Å². The minimum atomic E-state index is -0.197. The molecular formula is C13H17ClN2. The molecule has 0 fully saturated rings. The smallest absolute Gasteiger partial charge is 0.0348 e. The molecule has 0 radical (unpaired) electrons. The molecule has 0 spiro atoms. The molecule has 16 heavy (non-hydrogen) atoms. The van der Waals surface area contributed by atoms with Gasteiger partial charge in [-0.05, 0) is 36.6 Å². The number of halogens is 1. The number of hydrogen-bond donors (Lipinski definition) is 2. The molecule has 1 atom stereocenters. The van der Waals surface area contributed by atoms with Gasteiger partial charge in [-0.1, -0.05) is 30.4 Å². The molecule has 1 aromatic carbocycles. The monoisotopic (exact) mass is 236 g/mol. The second-order valence-corrected chi connectivity index (χ2v) is 4.32. The fraction of sp³-hybridized carbons (Fsp3) is 0.231. The van der Waals surface area contributed by atoms with E-state index in [1.54, 1.807) is 0 Å². The maximum Gasteiger partial charge on any atom is 0.0348 e. The van der Waals surface area contributed by atoms with E-state index in [-0.39, 0.29) is 17.9 Å². The molecule has 1 aromatic rings. The maximum absolute atomic E-state index is 5.99. The van der Waals surface area contributed by atoms with Gasteiger partial charge in [0.25, 0.3) is 0 Å². The topological polar surface area (TPSA) is 52.0 Å². The van der Waals surface area contributed by atoms with Gasteiger partial charge in [0.15, 0.2) is 0 Å².